The quantitative estimate of drug-likeness (QED) is 0.836. The molecule has 5 nitrogen and oxygen atoms in total. The number of hydrogen-bond acceptors (Lipinski definition) is 3. The summed E-state index contributed by atoms with van der Waals surface area (Å²) in [6.07, 6.45) is 1.62. The average Bonchev–Trinajstić information content (AvgIpc) is 3.47. The van der Waals surface area contributed by atoms with E-state index >= 15 is 0 Å². The van der Waals surface area contributed by atoms with E-state index < -0.39 is 28.5 Å². The molecule has 2 N–H and O–H groups in total. The molecule has 4 rings (SSSR count). The molecule has 2 aromatic rings. The topological polar surface area (TPSA) is 80.0 Å². The summed E-state index contributed by atoms with van der Waals surface area (Å²) in [5.41, 5.74) is 0.121. The summed E-state index contributed by atoms with van der Waals surface area (Å²) in [4.78, 5) is 14.3. The van der Waals surface area contributed by atoms with Crippen molar-refractivity contribution in [2.75, 3.05) is 7.05 Å². The highest BCUT2D eigenvalue weighted by Crippen LogP contribution is 2.48. The number of guanidine groups is 1. The number of carbonyl (C=O) groups is 1. The van der Waals surface area contributed by atoms with E-state index in [0.717, 1.165) is 24.5 Å². The van der Waals surface area contributed by atoms with E-state index in [1.807, 2.05) is 12.1 Å². The molecule has 2 fully saturated rings. The Morgan fingerprint density at radius 2 is 1.72 bits per heavy atom. The molecular formula is C22H20F2N4O. The van der Waals surface area contributed by atoms with Gasteiger partial charge < -0.3 is 5.32 Å². The molecule has 2 atom stereocenters. The number of halogens is 2. The van der Waals surface area contributed by atoms with E-state index in [1.54, 1.807) is 19.1 Å². The Bertz CT molecular complexity index is 1040. The molecule has 0 spiro atoms. The van der Waals surface area contributed by atoms with Gasteiger partial charge in [-0.15, -0.1) is 0 Å². The molecular weight excluding hydrogens is 374 g/mol. The normalized spacial score (nSPS) is 25.3. The predicted octanol–water partition coefficient (Wildman–Crippen LogP) is 3.52. The van der Waals surface area contributed by atoms with Crippen molar-refractivity contribution in [2.45, 2.75) is 36.6 Å². The summed E-state index contributed by atoms with van der Waals surface area (Å²) in [7, 11) is 1.49. The van der Waals surface area contributed by atoms with Crippen LogP contribution in [0.5, 0.6) is 0 Å². The van der Waals surface area contributed by atoms with Crippen LogP contribution in [0.2, 0.25) is 0 Å². The van der Waals surface area contributed by atoms with Gasteiger partial charge in [0.05, 0.1) is 22.9 Å². The van der Waals surface area contributed by atoms with Gasteiger partial charge in [0.2, 0.25) is 5.91 Å². The largest absolute Gasteiger partial charge is 0.346 e. The first-order chi connectivity index (χ1) is 13.7. The van der Waals surface area contributed by atoms with Crippen molar-refractivity contribution in [3.8, 4) is 6.07 Å². The first kappa shape index (κ1) is 19.1. The SMILES string of the molecule is CN1C(=N)N[C@](C)(c2cc(F)cc(F)c2)[C@@H](c2ccc(C3(C#N)CC3)cc2)C1=O. The molecule has 0 unspecified atom stereocenters. The van der Waals surface area contributed by atoms with Crippen LogP contribution in [0.4, 0.5) is 8.78 Å². The zero-order valence-electron chi connectivity index (χ0n) is 16.1. The van der Waals surface area contributed by atoms with Gasteiger partial charge in [-0.05, 0) is 48.6 Å². The molecule has 148 valence electrons. The first-order valence-electron chi connectivity index (χ1n) is 9.33. The van der Waals surface area contributed by atoms with Crippen LogP contribution >= 0.6 is 0 Å². The lowest BCUT2D eigenvalue weighted by atomic mass is 9.73. The van der Waals surface area contributed by atoms with Crippen LogP contribution < -0.4 is 5.32 Å². The molecule has 1 saturated heterocycles. The highest BCUT2D eigenvalue weighted by atomic mass is 19.1. The van der Waals surface area contributed by atoms with Gasteiger partial charge in [-0.3, -0.25) is 15.1 Å². The molecule has 1 saturated carbocycles. The molecule has 1 amide bonds. The molecule has 7 heteroatoms. The van der Waals surface area contributed by atoms with E-state index in [2.05, 4.69) is 11.4 Å². The van der Waals surface area contributed by atoms with E-state index in [-0.39, 0.29) is 17.4 Å². The van der Waals surface area contributed by atoms with Gasteiger partial charge in [0.15, 0.2) is 5.96 Å². The Hall–Kier alpha value is -3.27. The summed E-state index contributed by atoms with van der Waals surface area (Å²) in [5.74, 6) is -2.81. The van der Waals surface area contributed by atoms with Crippen molar-refractivity contribution >= 4 is 11.9 Å². The number of hydrogen-bond donors (Lipinski definition) is 2. The third-order valence-corrected chi connectivity index (χ3v) is 6.09. The molecule has 1 heterocycles. The maximum absolute atomic E-state index is 13.9. The van der Waals surface area contributed by atoms with Crippen LogP contribution in [0.3, 0.4) is 0 Å². The molecule has 1 aliphatic carbocycles. The van der Waals surface area contributed by atoms with E-state index in [0.29, 0.717) is 5.56 Å². The number of nitrogens with one attached hydrogen (secondary N) is 2. The molecule has 0 radical (unpaired) electrons. The van der Waals surface area contributed by atoms with Crippen LogP contribution in [0.1, 0.15) is 42.4 Å². The smallest absolute Gasteiger partial charge is 0.239 e. The number of nitriles is 1. The summed E-state index contributed by atoms with van der Waals surface area (Å²) >= 11 is 0. The van der Waals surface area contributed by atoms with Crippen LogP contribution in [0.15, 0.2) is 42.5 Å². The fourth-order valence-corrected chi connectivity index (χ4v) is 4.11. The van der Waals surface area contributed by atoms with Gasteiger partial charge in [-0.25, -0.2) is 8.78 Å². The number of rotatable bonds is 3. The van der Waals surface area contributed by atoms with Crippen molar-refractivity contribution in [2.24, 2.45) is 0 Å². The third-order valence-electron chi connectivity index (χ3n) is 6.09. The Balaban J connectivity index is 1.82. The fraction of sp³-hybridized carbons (Fsp3) is 0.318. The standard InChI is InChI=1S/C22H20F2N4O/c1-21(15-9-16(23)11-17(24)10-15)18(19(29)28(2)20(26)27-21)13-3-5-14(6-4-13)22(12-25)7-8-22/h3-6,9-11,18H,7-8H2,1-2H3,(H2,26,27)/t18-,21+/m0/s1. The van der Waals surface area contributed by atoms with Gasteiger partial charge in [-0.2, -0.15) is 5.26 Å². The number of benzene rings is 2. The Morgan fingerprint density at radius 3 is 2.24 bits per heavy atom. The molecule has 0 bridgehead atoms. The van der Waals surface area contributed by atoms with Crippen molar-refractivity contribution in [1.82, 2.24) is 10.2 Å². The summed E-state index contributed by atoms with van der Waals surface area (Å²) in [6.45, 7) is 1.66. The average molecular weight is 394 g/mol. The Morgan fingerprint density at radius 1 is 1.14 bits per heavy atom. The fourth-order valence-electron chi connectivity index (χ4n) is 4.11. The van der Waals surface area contributed by atoms with Crippen LogP contribution in [-0.2, 0) is 15.7 Å². The molecule has 29 heavy (non-hydrogen) atoms. The number of likely N-dealkylation sites (N-methyl/N-ethyl adjacent to an activating group) is 1. The van der Waals surface area contributed by atoms with Gasteiger partial charge in [0.25, 0.3) is 0 Å². The second kappa shape index (κ2) is 6.38. The Kier molecular flexibility index (Phi) is 4.19. The second-order valence-electron chi connectivity index (χ2n) is 7.98. The highest BCUT2D eigenvalue weighted by Gasteiger charge is 2.49. The Labute approximate surface area is 167 Å². The lowest BCUT2D eigenvalue weighted by molar-refractivity contribution is -0.131. The predicted molar refractivity (Wildman–Crippen MR) is 103 cm³/mol. The molecule has 2 aromatic carbocycles. The number of amides is 1. The summed E-state index contributed by atoms with van der Waals surface area (Å²) < 4.78 is 27.9. The van der Waals surface area contributed by atoms with Gasteiger partial charge >= 0.3 is 0 Å². The van der Waals surface area contributed by atoms with Crippen molar-refractivity contribution in [3.05, 3.63) is 70.8 Å². The monoisotopic (exact) mass is 394 g/mol. The first-order valence-corrected chi connectivity index (χ1v) is 9.33. The van der Waals surface area contributed by atoms with Crippen molar-refractivity contribution < 1.29 is 13.6 Å². The van der Waals surface area contributed by atoms with Gasteiger partial charge in [-0.1, -0.05) is 24.3 Å². The molecule has 2 aliphatic rings. The maximum atomic E-state index is 13.9. The highest BCUT2D eigenvalue weighted by molar-refractivity contribution is 6.02. The molecule has 0 aromatic heterocycles. The minimum Gasteiger partial charge on any atom is -0.346 e. The third kappa shape index (κ3) is 2.96. The number of nitrogens with zero attached hydrogens (tertiary/aromatic N) is 2. The van der Waals surface area contributed by atoms with E-state index in [4.69, 9.17) is 5.41 Å². The van der Waals surface area contributed by atoms with Gasteiger partial charge in [0, 0.05) is 13.1 Å². The van der Waals surface area contributed by atoms with Crippen LogP contribution in [0.25, 0.3) is 0 Å². The zero-order chi connectivity index (χ0) is 21.0. The zero-order valence-corrected chi connectivity index (χ0v) is 16.1. The van der Waals surface area contributed by atoms with Gasteiger partial charge in [0.1, 0.15) is 11.6 Å². The lowest BCUT2D eigenvalue weighted by Crippen LogP contribution is -2.62. The minimum atomic E-state index is -1.22. The maximum Gasteiger partial charge on any atom is 0.239 e. The summed E-state index contributed by atoms with van der Waals surface area (Å²) in [6, 6.07) is 12.7. The van der Waals surface area contributed by atoms with Crippen LogP contribution in [0, 0.1) is 28.4 Å². The molecule has 1 aliphatic heterocycles. The summed E-state index contributed by atoms with van der Waals surface area (Å²) in [5, 5.41) is 20.5. The lowest BCUT2D eigenvalue weighted by Gasteiger charge is -2.46. The number of carbonyl (C=O) groups excluding carboxylic acids is 1. The van der Waals surface area contributed by atoms with E-state index in [9.17, 15) is 18.8 Å². The van der Waals surface area contributed by atoms with Crippen LogP contribution in [-0.4, -0.2) is 23.8 Å². The van der Waals surface area contributed by atoms with Crippen molar-refractivity contribution in [3.63, 3.8) is 0 Å². The second-order valence-corrected chi connectivity index (χ2v) is 7.98. The van der Waals surface area contributed by atoms with E-state index in [1.165, 1.54) is 24.1 Å². The van der Waals surface area contributed by atoms with Crippen molar-refractivity contribution in [1.29, 1.82) is 10.7 Å². The minimum absolute atomic E-state index is 0.142.